The molecule has 0 radical (unpaired) electrons. The predicted molar refractivity (Wildman–Crippen MR) is 101 cm³/mol. The summed E-state index contributed by atoms with van der Waals surface area (Å²) in [6.45, 7) is 0. The molecule has 8 nitrogen and oxygen atoms in total. The largest absolute Gasteiger partial charge is 0.465 e. The summed E-state index contributed by atoms with van der Waals surface area (Å²) in [5.74, 6) is -0.306. The molecule has 2 aromatic heterocycles. The second-order valence-corrected chi connectivity index (χ2v) is 6.91. The first-order valence-corrected chi connectivity index (χ1v) is 9.22. The molecule has 0 saturated carbocycles. The van der Waals surface area contributed by atoms with Crippen LogP contribution in [0.4, 0.5) is 11.4 Å². The molecule has 0 aliphatic heterocycles. The Bertz CT molecular complexity index is 993. The topological polar surface area (TPSA) is 108 Å². The summed E-state index contributed by atoms with van der Waals surface area (Å²) >= 11 is 2.33. The number of nitro groups is 1. The third-order valence-corrected chi connectivity index (χ3v) is 5.18. The normalized spacial score (nSPS) is 10.3. The number of thiophene rings is 2. The van der Waals surface area contributed by atoms with Crippen LogP contribution in [0, 0.1) is 10.1 Å². The number of nitro benzene ring substituents is 1. The minimum Gasteiger partial charge on any atom is -0.465 e. The molecule has 27 heavy (non-hydrogen) atoms. The molecule has 2 heterocycles. The summed E-state index contributed by atoms with van der Waals surface area (Å²) in [5.41, 5.74) is 0.296. The van der Waals surface area contributed by atoms with Crippen LogP contribution in [-0.4, -0.2) is 23.9 Å². The summed E-state index contributed by atoms with van der Waals surface area (Å²) in [5, 5.41) is 16.7. The molecule has 3 aromatic rings. The van der Waals surface area contributed by atoms with Gasteiger partial charge in [-0.1, -0.05) is 0 Å². The molecule has 10 heteroatoms. The molecule has 0 saturated heterocycles. The van der Waals surface area contributed by atoms with Gasteiger partial charge in [-0.2, -0.15) is 0 Å². The Kier molecular flexibility index (Phi) is 5.48. The van der Waals surface area contributed by atoms with Gasteiger partial charge in [0.2, 0.25) is 0 Å². The standard InChI is InChI=1S/C17H12N2O6S2/c1-24-17(21)14-12(6-8-26-14)18-16(20)15-13(7-9-27-15)25-11-4-2-10(3-5-11)19(22)23/h2-9H,1H3,(H,18,20). The van der Waals surface area contributed by atoms with Gasteiger partial charge >= 0.3 is 5.97 Å². The smallest absolute Gasteiger partial charge is 0.350 e. The second kappa shape index (κ2) is 7.98. The van der Waals surface area contributed by atoms with Gasteiger partial charge in [0.25, 0.3) is 11.6 Å². The van der Waals surface area contributed by atoms with Crippen LogP contribution in [0.15, 0.2) is 47.2 Å². The number of hydrogen-bond donors (Lipinski definition) is 1. The molecule has 0 fully saturated rings. The highest BCUT2D eigenvalue weighted by molar-refractivity contribution is 7.13. The number of carbonyl (C=O) groups is 2. The first-order chi connectivity index (χ1) is 13.0. The maximum Gasteiger partial charge on any atom is 0.350 e. The molecule has 0 aliphatic carbocycles. The van der Waals surface area contributed by atoms with E-state index in [1.165, 1.54) is 42.7 Å². The van der Waals surface area contributed by atoms with Crippen molar-refractivity contribution in [2.75, 3.05) is 12.4 Å². The van der Waals surface area contributed by atoms with Crippen LogP contribution in [0.2, 0.25) is 0 Å². The quantitative estimate of drug-likeness (QED) is 0.367. The zero-order valence-corrected chi connectivity index (χ0v) is 15.5. The Morgan fingerprint density at radius 2 is 1.70 bits per heavy atom. The number of amides is 1. The van der Waals surface area contributed by atoms with E-state index in [9.17, 15) is 19.7 Å². The van der Waals surface area contributed by atoms with Crippen LogP contribution in [-0.2, 0) is 4.74 Å². The van der Waals surface area contributed by atoms with Gasteiger partial charge in [0, 0.05) is 12.1 Å². The average molecular weight is 404 g/mol. The maximum absolute atomic E-state index is 12.6. The van der Waals surface area contributed by atoms with Gasteiger partial charge in [0.1, 0.15) is 15.5 Å². The minimum absolute atomic E-state index is 0.0570. The lowest BCUT2D eigenvalue weighted by molar-refractivity contribution is -0.384. The Labute approximate surface area is 161 Å². The second-order valence-electron chi connectivity index (χ2n) is 5.08. The lowest BCUT2D eigenvalue weighted by Gasteiger charge is -2.08. The molecule has 3 rings (SSSR count). The van der Waals surface area contributed by atoms with Crippen molar-refractivity contribution >= 4 is 45.9 Å². The SMILES string of the molecule is COC(=O)c1sccc1NC(=O)c1sccc1Oc1ccc([N+](=O)[O-])cc1. The molecular weight excluding hydrogens is 392 g/mol. The minimum atomic E-state index is -0.533. The number of hydrogen-bond acceptors (Lipinski definition) is 8. The van der Waals surface area contributed by atoms with Crippen molar-refractivity contribution in [1.82, 2.24) is 0 Å². The maximum atomic E-state index is 12.6. The van der Waals surface area contributed by atoms with Gasteiger partial charge in [0.05, 0.1) is 17.7 Å². The molecule has 0 aliphatic rings. The van der Waals surface area contributed by atoms with E-state index >= 15 is 0 Å². The van der Waals surface area contributed by atoms with Gasteiger partial charge in [-0.25, -0.2) is 4.79 Å². The lowest BCUT2D eigenvalue weighted by atomic mass is 10.3. The van der Waals surface area contributed by atoms with Crippen molar-refractivity contribution in [3.05, 3.63) is 67.0 Å². The molecule has 1 amide bonds. The first kappa shape index (κ1) is 18.5. The van der Waals surface area contributed by atoms with Gasteiger partial charge in [-0.3, -0.25) is 14.9 Å². The molecule has 0 bridgehead atoms. The van der Waals surface area contributed by atoms with Gasteiger partial charge in [0.15, 0.2) is 5.75 Å². The number of anilines is 1. The average Bonchev–Trinajstić information content (AvgIpc) is 3.31. The van der Waals surface area contributed by atoms with Crippen LogP contribution in [0.5, 0.6) is 11.5 Å². The van der Waals surface area contributed by atoms with Crippen molar-refractivity contribution < 1.29 is 24.0 Å². The summed E-state index contributed by atoms with van der Waals surface area (Å²) in [6, 6.07) is 8.76. The van der Waals surface area contributed by atoms with E-state index in [0.29, 0.717) is 26.9 Å². The molecule has 1 N–H and O–H groups in total. The highest BCUT2D eigenvalue weighted by Gasteiger charge is 2.20. The zero-order valence-electron chi connectivity index (χ0n) is 13.8. The van der Waals surface area contributed by atoms with Crippen molar-refractivity contribution in [1.29, 1.82) is 0 Å². The highest BCUT2D eigenvalue weighted by Crippen LogP contribution is 2.32. The molecular formula is C17H12N2O6S2. The first-order valence-electron chi connectivity index (χ1n) is 7.46. The van der Waals surface area contributed by atoms with Crippen LogP contribution in [0.1, 0.15) is 19.3 Å². The van der Waals surface area contributed by atoms with Crippen LogP contribution in [0.25, 0.3) is 0 Å². The van der Waals surface area contributed by atoms with Crippen molar-refractivity contribution in [2.24, 2.45) is 0 Å². The number of nitrogens with one attached hydrogen (secondary N) is 1. The number of non-ortho nitro benzene ring substituents is 1. The summed E-state index contributed by atoms with van der Waals surface area (Å²) < 4.78 is 10.3. The monoisotopic (exact) mass is 404 g/mol. The van der Waals surface area contributed by atoms with Gasteiger partial charge in [-0.05, 0) is 35.0 Å². The van der Waals surface area contributed by atoms with Crippen molar-refractivity contribution in [3.63, 3.8) is 0 Å². The van der Waals surface area contributed by atoms with Crippen LogP contribution in [0.3, 0.4) is 0 Å². The molecule has 138 valence electrons. The number of methoxy groups -OCH3 is 1. The van der Waals surface area contributed by atoms with Crippen molar-refractivity contribution in [2.45, 2.75) is 0 Å². The van der Waals surface area contributed by atoms with E-state index in [2.05, 4.69) is 10.1 Å². The number of rotatable bonds is 6. The summed E-state index contributed by atoms with van der Waals surface area (Å²) in [7, 11) is 1.27. The number of carbonyl (C=O) groups excluding carboxylic acids is 2. The van der Waals surface area contributed by atoms with Gasteiger partial charge in [-0.15, -0.1) is 22.7 Å². The molecule has 0 spiro atoms. The summed E-state index contributed by atoms with van der Waals surface area (Å²) in [6.07, 6.45) is 0. The Morgan fingerprint density at radius 1 is 1.04 bits per heavy atom. The van der Waals surface area contributed by atoms with Crippen LogP contribution >= 0.6 is 22.7 Å². The third-order valence-electron chi connectivity index (χ3n) is 3.39. The fourth-order valence-electron chi connectivity index (χ4n) is 2.14. The predicted octanol–water partition coefficient (Wildman–Crippen LogP) is 4.55. The Morgan fingerprint density at radius 3 is 2.37 bits per heavy atom. The fourth-order valence-corrected chi connectivity index (χ4v) is 3.62. The Hall–Kier alpha value is -3.24. The van der Waals surface area contributed by atoms with E-state index < -0.39 is 16.8 Å². The van der Waals surface area contributed by atoms with Crippen LogP contribution < -0.4 is 10.1 Å². The van der Waals surface area contributed by atoms with E-state index in [1.807, 2.05) is 0 Å². The fraction of sp³-hybridized carbons (Fsp3) is 0.0588. The van der Waals surface area contributed by atoms with E-state index in [-0.39, 0.29) is 5.69 Å². The van der Waals surface area contributed by atoms with E-state index in [0.717, 1.165) is 11.3 Å². The van der Waals surface area contributed by atoms with Crippen molar-refractivity contribution in [3.8, 4) is 11.5 Å². The van der Waals surface area contributed by atoms with E-state index in [4.69, 9.17) is 4.74 Å². The molecule has 0 unspecified atom stereocenters. The highest BCUT2D eigenvalue weighted by atomic mass is 32.1. The number of ether oxygens (including phenoxy) is 2. The van der Waals surface area contributed by atoms with Gasteiger partial charge < -0.3 is 14.8 Å². The number of esters is 1. The number of benzene rings is 1. The van der Waals surface area contributed by atoms with E-state index in [1.54, 1.807) is 22.9 Å². The zero-order chi connectivity index (χ0) is 19.4. The third kappa shape index (κ3) is 4.13. The lowest BCUT2D eigenvalue weighted by Crippen LogP contribution is -2.13. The summed E-state index contributed by atoms with van der Waals surface area (Å²) in [4.78, 5) is 35.1. The number of nitrogens with zero attached hydrogens (tertiary/aromatic N) is 1. The molecule has 1 aromatic carbocycles. The molecule has 0 atom stereocenters. The Balaban J connectivity index is 1.76.